The van der Waals surface area contributed by atoms with Gasteiger partial charge in [-0.25, -0.2) is 0 Å². The van der Waals surface area contributed by atoms with E-state index in [0.29, 0.717) is 0 Å². The van der Waals surface area contributed by atoms with Gasteiger partial charge in [0.2, 0.25) is 5.95 Å². The summed E-state index contributed by atoms with van der Waals surface area (Å²) in [4.78, 5) is 10.8. The largest absolute Gasteiger partial charge is 0.335 e. The van der Waals surface area contributed by atoms with Crippen LogP contribution in [0.2, 0.25) is 0 Å². The lowest BCUT2D eigenvalue weighted by Gasteiger charge is -2.36. The molecule has 19 heavy (non-hydrogen) atoms. The molecule has 2 atom stereocenters. The SMILES string of the molecule is CC1C(N)CCCN1c1n[nH]c(-c2cccnc2)n1. The Bertz CT molecular complexity index is 537. The zero-order chi connectivity index (χ0) is 13.2. The van der Waals surface area contributed by atoms with E-state index in [1.54, 1.807) is 12.4 Å². The Morgan fingerprint density at radius 3 is 3.16 bits per heavy atom. The van der Waals surface area contributed by atoms with Crippen molar-refractivity contribution in [2.75, 3.05) is 11.4 Å². The van der Waals surface area contributed by atoms with Crippen molar-refractivity contribution in [2.24, 2.45) is 5.73 Å². The molecule has 2 aromatic heterocycles. The van der Waals surface area contributed by atoms with Gasteiger partial charge in [-0.1, -0.05) is 0 Å². The number of piperidine rings is 1. The molecule has 1 saturated heterocycles. The lowest BCUT2D eigenvalue weighted by molar-refractivity contribution is 0.416. The predicted molar refractivity (Wildman–Crippen MR) is 73.6 cm³/mol. The molecule has 3 rings (SSSR count). The molecule has 0 bridgehead atoms. The highest BCUT2D eigenvalue weighted by Crippen LogP contribution is 2.23. The Balaban J connectivity index is 1.85. The van der Waals surface area contributed by atoms with Gasteiger partial charge in [0.1, 0.15) is 0 Å². The minimum atomic E-state index is 0.189. The van der Waals surface area contributed by atoms with Gasteiger partial charge in [-0.3, -0.25) is 10.1 Å². The molecule has 3 N–H and O–H groups in total. The molecule has 0 aliphatic carbocycles. The molecule has 2 aromatic rings. The number of rotatable bonds is 2. The molecule has 0 spiro atoms. The fourth-order valence-electron chi connectivity index (χ4n) is 2.47. The van der Waals surface area contributed by atoms with E-state index in [9.17, 15) is 0 Å². The first-order chi connectivity index (χ1) is 9.25. The second kappa shape index (κ2) is 4.97. The lowest BCUT2D eigenvalue weighted by atomic mass is 9.99. The van der Waals surface area contributed by atoms with Crippen LogP contribution in [0.3, 0.4) is 0 Å². The van der Waals surface area contributed by atoms with Gasteiger partial charge in [-0.05, 0) is 31.9 Å². The first-order valence-corrected chi connectivity index (χ1v) is 6.61. The number of H-pyrrole nitrogens is 1. The van der Waals surface area contributed by atoms with Crippen LogP contribution in [0, 0.1) is 0 Å². The van der Waals surface area contributed by atoms with Crippen molar-refractivity contribution in [1.29, 1.82) is 0 Å². The third-order valence-electron chi connectivity index (χ3n) is 3.71. The summed E-state index contributed by atoms with van der Waals surface area (Å²) in [7, 11) is 0. The van der Waals surface area contributed by atoms with E-state index in [-0.39, 0.29) is 12.1 Å². The van der Waals surface area contributed by atoms with Crippen LogP contribution in [0.5, 0.6) is 0 Å². The van der Waals surface area contributed by atoms with Gasteiger partial charge in [0, 0.05) is 36.6 Å². The van der Waals surface area contributed by atoms with Crippen molar-refractivity contribution in [1.82, 2.24) is 20.2 Å². The van der Waals surface area contributed by atoms with Crippen LogP contribution in [0.1, 0.15) is 19.8 Å². The molecule has 1 fully saturated rings. The molecule has 0 amide bonds. The zero-order valence-electron chi connectivity index (χ0n) is 11.0. The number of pyridine rings is 1. The summed E-state index contributed by atoms with van der Waals surface area (Å²) in [6, 6.07) is 4.31. The number of hydrogen-bond donors (Lipinski definition) is 2. The Hall–Kier alpha value is -1.95. The fraction of sp³-hybridized carbons (Fsp3) is 0.462. The molecular formula is C13H18N6. The lowest BCUT2D eigenvalue weighted by Crippen LogP contribution is -2.50. The van der Waals surface area contributed by atoms with Gasteiger partial charge in [-0.15, -0.1) is 5.10 Å². The third-order valence-corrected chi connectivity index (χ3v) is 3.71. The van der Waals surface area contributed by atoms with Gasteiger partial charge >= 0.3 is 0 Å². The molecule has 0 radical (unpaired) electrons. The van der Waals surface area contributed by atoms with E-state index in [2.05, 4.69) is 32.0 Å². The third kappa shape index (κ3) is 2.31. The molecule has 2 unspecified atom stereocenters. The summed E-state index contributed by atoms with van der Waals surface area (Å²) in [6.45, 7) is 3.09. The molecular weight excluding hydrogens is 240 g/mol. The van der Waals surface area contributed by atoms with E-state index in [0.717, 1.165) is 36.7 Å². The maximum atomic E-state index is 6.11. The normalized spacial score (nSPS) is 23.6. The van der Waals surface area contributed by atoms with Crippen LogP contribution in [0.25, 0.3) is 11.4 Å². The number of hydrogen-bond acceptors (Lipinski definition) is 5. The first kappa shape index (κ1) is 12.1. The molecule has 3 heterocycles. The van der Waals surface area contributed by atoms with Gasteiger partial charge in [0.15, 0.2) is 5.82 Å². The second-order valence-corrected chi connectivity index (χ2v) is 4.97. The van der Waals surface area contributed by atoms with E-state index in [1.807, 2.05) is 12.1 Å². The van der Waals surface area contributed by atoms with Gasteiger partial charge in [-0.2, -0.15) is 4.98 Å². The maximum Gasteiger partial charge on any atom is 0.245 e. The number of nitrogens with zero attached hydrogens (tertiary/aromatic N) is 4. The number of aromatic nitrogens is 4. The Morgan fingerprint density at radius 2 is 2.37 bits per heavy atom. The van der Waals surface area contributed by atoms with E-state index < -0.39 is 0 Å². The smallest absolute Gasteiger partial charge is 0.245 e. The van der Waals surface area contributed by atoms with Crippen LogP contribution in [0.15, 0.2) is 24.5 Å². The second-order valence-electron chi connectivity index (χ2n) is 4.97. The highest BCUT2D eigenvalue weighted by molar-refractivity contribution is 5.54. The van der Waals surface area contributed by atoms with Crippen LogP contribution < -0.4 is 10.6 Å². The van der Waals surface area contributed by atoms with Gasteiger partial charge in [0.25, 0.3) is 0 Å². The number of nitrogens with one attached hydrogen (secondary N) is 1. The van der Waals surface area contributed by atoms with E-state index in [1.165, 1.54) is 0 Å². The molecule has 6 nitrogen and oxygen atoms in total. The standard InChI is InChI=1S/C13H18N6/c1-9-11(14)5-3-7-19(9)13-16-12(17-18-13)10-4-2-6-15-8-10/h2,4,6,8-9,11H,3,5,7,14H2,1H3,(H,16,17,18). The number of anilines is 1. The van der Waals surface area contributed by atoms with Crippen molar-refractivity contribution in [3.05, 3.63) is 24.5 Å². The topological polar surface area (TPSA) is 83.7 Å². The summed E-state index contributed by atoms with van der Waals surface area (Å²) >= 11 is 0. The minimum Gasteiger partial charge on any atom is -0.335 e. The number of nitrogens with two attached hydrogens (primary N) is 1. The van der Waals surface area contributed by atoms with Gasteiger partial charge in [0.05, 0.1) is 0 Å². The Kier molecular flexibility index (Phi) is 3.16. The predicted octanol–water partition coefficient (Wildman–Crippen LogP) is 1.18. The zero-order valence-corrected chi connectivity index (χ0v) is 11.0. The Morgan fingerprint density at radius 1 is 1.47 bits per heavy atom. The van der Waals surface area contributed by atoms with E-state index >= 15 is 0 Å². The molecule has 100 valence electrons. The van der Waals surface area contributed by atoms with Crippen LogP contribution in [-0.2, 0) is 0 Å². The van der Waals surface area contributed by atoms with Crippen molar-refractivity contribution in [3.63, 3.8) is 0 Å². The van der Waals surface area contributed by atoms with Crippen LogP contribution >= 0.6 is 0 Å². The highest BCUT2D eigenvalue weighted by Gasteiger charge is 2.27. The molecule has 1 aliphatic heterocycles. The molecule has 0 aromatic carbocycles. The summed E-state index contributed by atoms with van der Waals surface area (Å²) in [5, 5.41) is 7.28. The van der Waals surface area contributed by atoms with Crippen LogP contribution in [0.4, 0.5) is 5.95 Å². The monoisotopic (exact) mass is 258 g/mol. The molecule has 0 saturated carbocycles. The van der Waals surface area contributed by atoms with Crippen molar-refractivity contribution >= 4 is 5.95 Å². The van der Waals surface area contributed by atoms with Crippen LogP contribution in [-0.4, -0.2) is 38.8 Å². The average Bonchev–Trinajstić information content (AvgIpc) is 2.92. The van der Waals surface area contributed by atoms with Crippen molar-refractivity contribution in [2.45, 2.75) is 31.8 Å². The van der Waals surface area contributed by atoms with Gasteiger partial charge < -0.3 is 10.6 Å². The highest BCUT2D eigenvalue weighted by atomic mass is 15.4. The summed E-state index contributed by atoms with van der Waals surface area (Å²) < 4.78 is 0. The van der Waals surface area contributed by atoms with Crippen molar-refractivity contribution in [3.8, 4) is 11.4 Å². The summed E-state index contributed by atoms with van der Waals surface area (Å²) in [5.74, 6) is 1.47. The summed E-state index contributed by atoms with van der Waals surface area (Å²) in [6.07, 6.45) is 5.67. The fourth-order valence-corrected chi connectivity index (χ4v) is 2.47. The average molecular weight is 258 g/mol. The molecule has 1 aliphatic rings. The Labute approximate surface area is 112 Å². The van der Waals surface area contributed by atoms with E-state index in [4.69, 9.17) is 5.73 Å². The quantitative estimate of drug-likeness (QED) is 0.845. The molecule has 6 heteroatoms. The van der Waals surface area contributed by atoms with Crippen molar-refractivity contribution < 1.29 is 0 Å². The first-order valence-electron chi connectivity index (χ1n) is 6.61. The maximum absolute atomic E-state index is 6.11. The number of aromatic amines is 1. The summed E-state index contributed by atoms with van der Waals surface area (Å²) in [5.41, 5.74) is 7.05. The minimum absolute atomic E-state index is 0.189.